The fourth-order valence-corrected chi connectivity index (χ4v) is 2.53. The molecule has 0 aromatic rings. The molecular formula is C11H18O5. The molecule has 0 bridgehead atoms. The second kappa shape index (κ2) is 4.69. The van der Waals surface area contributed by atoms with E-state index in [1.807, 2.05) is 0 Å². The maximum atomic E-state index is 11.5. The van der Waals surface area contributed by atoms with E-state index in [1.165, 1.54) is 7.11 Å². The zero-order valence-electron chi connectivity index (χ0n) is 9.48. The zero-order chi connectivity index (χ0) is 11.6. The molecule has 0 unspecified atom stereocenters. The summed E-state index contributed by atoms with van der Waals surface area (Å²) in [6.45, 7) is 1.13. The van der Waals surface area contributed by atoms with Gasteiger partial charge in [0.15, 0.2) is 5.79 Å². The van der Waals surface area contributed by atoms with Crippen LogP contribution in [0.15, 0.2) is 0 Å². The van der Waals surface area contributed by atoms with Crippen molar-refractivity contribution in [3.63, 3.8) is 0 Å². The summed E-state index contributed by atoms with van der Waals surface area (Å²) in [5.74, 6) is -1.46. The Morgan fingerprint density at radius 3 is 2.75 bits per heavy atom. The van der Waals surface area contributed by atoms with E-state index in [0.717, 1.165) is 12.8 Å². The highest BCUT2D eigenvalue weighted by atomic mass is 16.7. The molecule has 0 aromatic heterocycles. The summed E-state index contributed by atoms with van der Waals surface area (Å²) in [7, 11) is 1.35. The van der Waals surface area contributed by atoms with Crippen molar-refractivity contribution < 1.29 is 24.1 Å². The number of hydrogen-bond acceptors (Lipinski definition) is 5. The van der Waals surface area contributed by atoms with Crippen LogP contribution in [0, 0.1) is 5.92 Å². The highest BCUT2D eigenvalue weighted by Gasteiger charge is 2.44. The molecule has 1 saturated carbocycles. The van der Waals surface area contributed by atoms with E-state index in [-0.39, 0.29) is 5.97 Å². The number of aliphatic hydroxyl groups is 1. The number of methoxy groups -OCH3 is 1. The highest BCUT2D eigenvalue weighted by molar-refractivity contribution is 5.72. The molecule has 5 nitrogen and oxygen atoms in total. The summed E-state index contributed by atoms with van der Waals surface area (Å²) in [4.78, 5) is 11.5. The quantitative estimate of drug-likeness (QED) is 0.663. The van der Waals surface area contributed by atoms with Crippen LogP contribution in [0.1, 0.15) is 25.7 Å². The summed E-state index contributed by atoms with van der Waals surface area (Å²) in [5, 5.41) is 10.0. The molecule has 1 saturated heterocycles. The van der Waals surface area contributed by atoms with E-state index in [4.69, 9.17) is 9.47 Å². The van der Waals surface area contributed by atoms with Gasteiger partial charge in [-0.25, -0.2) is 0 Å². The van der Waals surface area contributed by atoms with Gasteiger partial charge in [0.1, 0.15) is 0 Å². The third kappa shape index (κ3) is 2.21. The van der Waals surface area contributed by atoms with Crippen LogP contribution in [0.2, 0.25) is 0 Å². The molecule has 2 atom stereocenters. The Bertz CT molecular complexity index is 259. The fraction of sp³-hybridized carbons (Fsp3) is 0.909. The SMILES string of the molecule is COC(=O)[C@@H]1CCCC2(C[C@@H]1O)OCCO2. The molecular weight excluding hydrogens is 212 g/mol. The standard InChI is InChI=1S/C11H18O5/c1-14-10(13)8-3-2-4-11(7-9(8)12)15-5-6-16-11/h8-9,12H,2-7H2,1H3/t8-,9+/m1/s1. The van der Waals surface area contributed by atoms with Gasteiger partial charge < -0.3 is 19.3 Å². The monoisotopic (exact) mass is 230 g/mol. The lowest BCUT2D eigenvalue weighted by Gasteiger charge is -2.27. The van der Waals surface area contributed by atoms with Crippen LogP contribution in [0.5, 0.6) is 0 Å². The first-order valence-corrected chi connectivity index (χ1v) is 5.71. The van der Waals surface area contributed by atoms with Crippen molar-refractivity contribution in [2.75, 3.05) is 20.3 Å². The van der Waals surface area contributed by atoms with E-state index in [0.29, 0.717) is 26.1 Å². The molecule has 0 aromatic carbocycles. The second-order valence-electron chi connectivity index (χ2n) is 4.40. The van der Waals surface area contributed by atoms with Gasteiger partial charge in [-0.15, -0.1) is 0 Å². The molecule has 2 rings (SSSR count). The first kappa shape index (κ1) is 11.8. The number of hydrogen-bond donors (Lipinski definition) is 1. The molecule has 1 N–H and O–H groups in total. The molecule has 0 radical (unpaired) electrons. The van der Waals surface area contributed by atoms with Gasteiger partial charge >= 0.3 is 5.97 Å². The molecule has 2 aliphatic rings. The number of carbonyl (C=O) groups excluding carboxylic acids is 1. The van der Waals surface area contributed by atoms with Crippen LogP contribution < -0.4 is 0 Å². The minimum atomic E-state index is -0.743. The van der Waals surface area contributed by atoms with Crippen molar-refractivity contribution in [3.05, 3.63) is 0 Å². The number of carbonyl (C=O) groups is 1. The Balaban J connectivity index is 2.05. The molecule has 1 aliphatic carbocycles. The average Bonchev–Trinajstić information content (AvgIpc) is 2.64. The smallest absolute Gasteiger partial charge is 0.311 e. The lowest BCUT2D eigenvalue weighted by atomic mass is 9.97. The Kier molecular flexibility index (Phi) is 3.47. The van der Waals surface area contributed by atoms with Crippen LogP contribution in [0.25, 0.3) is 0 Å². The summed E-state index contributed by atoms with van der Waals surface area (Å²) in [6.07, 6.45) is 1.77. The normalized spacial score (nSPS) is 33.6. The Morgan fingerprint density at radius 1 is 1.44 bits per heavy atom. The van der Waals surface area contributed by atoms with Gasteiger partial charge in [-0.2, -0.15) is 0 Å². The molecule has 1 spiro atoms. The van der Waals surface area contributed by atoms with E-state index in [1.54, 1.807) is 0 Å². The van der Waals surface area contributed by atoms with Gasteiger partial charge in [-0.3, -0.25) is 4.79 Å². The van der Waals surface area contributed by atoms with Crippen LogP contribution in [0.3, 0.4) is 0 Å². The largest absolute Gasteiger partial charge is 0.469 e. The number of ether oxygens (including phenoxy) is 3. The maximum absolute atomic E-state index is 11.5. The second-order valence-corrected chi connectivity index (χ2v) is 4.40. The summed E-state index contributed by atoms with van der Waals surface area (Å²) >= 11 is 0. The zero-order valence-corrected chi connectivity index (χ0v) is 9.48. The maximum Gasteiger partial charge on any atom is 0.311 e. The van der Waals surface area contributed by atoms with Crippen molar-refractivity contribution in [3.8, 4) is 0 Å². The Labute approximate surface area is 94.7 Å². The minimum absolute atomic E-state index is 0.345. The van der Waals surface area contributed by atoms with Gasteiger partial charge in [0.2, 0.25) is 0 Å². The molecule has 92 valence electrons. The molecule has 16 heavy (non-hydrogen) atoms. The Hall–Kier alpha value is -0.650. The number of aliphatic hydroxyl groups excluding tert-OH is 1. The summed E-state index contributed by atoms with van der Waals surface area (Å²) in [5.41, 5.74) is 0. The minimum Gasteiger partial charge on any atom is -0.469 e. The average molecular weight is 230 g/mol. The van der Waals surface area contributed by atoms with E-state index < -0.39 is 17.8 Å². The van der Waals surface area contributed by atoms with Crippen LogP contribution >= 0.6 is 0 Å². The van der Waals surface area contributed by atoms with Gasteiger partial charge in [-0.05, 0) is 12.8 Å². The first-order valence-electron chi connectivity index (χ1n) is 5.71. The number of esters is 1. The molecule has 0 amide bonds. The van der Waals surface area contributed by atoms with E-state index >= 15 is 0 Å². The summed E-state index contributed by atoms with van der Waals surface area (Å²) < 4.78 is 15.8. The van der Waals surface area contributed by atoms with Gasteiger partial charge in [0.25, 0.3) is 0 Å². The molecule has 1 heterocycles. The Morgan fingerprint density at radius 2 is 2.12 bits per heavy atom. The molecule has 2 fully saturated rings. The number of rotatable bonds is 1. The van der Waals surface area contributed by atoms with Crippen LogP contribution in [0.4, 0.5) is 0 Å². The van der Waals surface area contributed by atoms with Crippen LogP contribution in [-0.4, -0.2) is 43.3 Å². The highest BCUT2D eigenvalue weighted by Crippen LogP contribution is 2.37. The van der Waals surface area contributed by atoms with Crippen LogP contribution in [-0.2, 0) is 19.0 Å². The molecule has 5 heteroatoms. The first-order chi connectivity index (χ1) is 7.67. The fourth-order valence-electron chi connectivity index (χ4n) is 2.53. The van der Waals surface area contributed by atoms with Crippen molar-refractivity contribution in [2.45, 2.75) is 37.6 Å². The lowest BCUT2D eigenvalue weighted by molar-refractivity contribution is -0.181. The summed E-state index contributed by atoms with van der Waals surface area (Å²) in [6, 6.07) is 0. The van der Waals surface area contributed by atoms with E-state index in [9.17, 15) is 9.90 Å². The predicted molar refractivity (Wildman–Crippen MR) is 54.6 cm³/mol. The lowest BCUT2D eigenvalue weighted by Crippen LogP contribution is -2.37. The third-order valence-corrected chi connectivity index (χ3v) is 3.37. The van der Waals surface area contributed by atoms with Crippen molar-refractivity contribution >= 4 is 5.97 Å². The van der Waals surface area contributed by atoms with Crippen molar-refractivity contribution in [1.29, 1.82) is 0 Å². The third-order valence-electron chi connectivity index (χ3n) is 3.37. The van der Waals surface area contributed by atoms with Gasteiger partial charge in [0, 0.05) is 12.8 Å². The van der Waals surface area contributed by atoms with Gasteiger partial charge in [-0.1, -0.05) is 0 Å². The van der Waals surface area contributed by atoms with Crippen molar-refractivity contribution in [1.82, 2.24) is 0 Å². The predicted octanol–water partition coefficient (Wildman–Crippen LogP) is 0.454. The van der Waals surface area contributed by atoms with Crippen molar-refractivity contribution in [2.24, 2.45) is 5.92 Å². The van der Waals surface area contributed by atoms with Gasteiger partial charge in [0.05, 0.1) is 32.3 Å². The molecule has 1 aliphatic heterocycles. The topological polar surface area (TPSA) is 65.0 Å². The van der Waals surface area contributed by atoms with E-state index in [2.05, 4.69) is 4.74 Å².